The van der Waals surface area contributed by atoms with Gasteiger partial charge in [0, 0.05) is 11.3 Å². The van der Waals surface area contributed by atoms with E-state index in [9.17, 15) is 0 Å². The van der Waals surface area contributed by atoms with Crippen LogP contribution in [0.5, 0.6) is 5.75 Å². The molecule has 1 nitrogen and oxygen atoms in total. The zero-order valence-corrected chi connectivity index (χ0v) is 9.52. The fraction of sp³-hybridized carbons (Fsp3) is 0.333. The van der Waals surface area contributed by atoms with Gasteiger partial charge in [-0.1, -0.05) is 42.0 Å². The van der Waals surface area contributed by atoms with Crippen molar-refractivity contribution in [3.05, 3.63) is 54.1 Å². The van der Waals surface area contributed by atoms with Crippen LogP contribution in [-0.4, -0.2) is 6.61 Å². The fourth-order valence-electron chi connectivity index (χ4n) is 2.35. The lowest BCUT2D eigenvalue weighted by Gasteiger charge is -2.07. The SMILES string of the molecule is Cc1ccc(OCC2CC23C=CC=C3)cc1. The summed E-state index contributed by atoms with van der Waals surface area (Å²) in [4.78, 5) is 0. The Kier molecular flexibility index (Phi) is 2.13. The van der Waals surface area contributed by atoms with Crippen molar-refractivity contribution in [2.75, 3.05) is 6.61 Å². The number of aryl methyl sites for hydroxylation is 1. The molecule has 0 saturated heterocycles. The molecule has 1 saturated carbocycles. The van der Waals surface area contributed by atoms with Crippen molar-refractivity contribution in [2.45, 2.75) is 13.3 Å². The molecule has 16 heavy (non-hydrogen) atoms. The molecule has 0 amide bonds. The van der Waals surface area contributed by atoms with Crippen LogP contribution < -0.4 is 4.74 Å². The van der Waals surface area contributed by atoms with Gasteiger partial charge in [-0.2, -0.15) is 0 Å². The van der Waals surface area contributed by atoms with E-state index in [1.807, 2.05) is 12.1 Å². The zero-order chi connectivity index (χ0) is 11.0. The molecule has 0 radical (unpaired) electrons. The summed E-state index contributed by atoms with van der Waals surface area (Å²) in [6.07, 6.45) is 10.1. The largest absolute Gasteiger partial charge is 0.493 e. The van der Waals surface area contributed by atoms with Crippen molar-refractivity contribution in [1.82, 2.24) is 0 Å². The quantitative estimate of drug-likeness (QED) is 0.745. The first-order valence-electron chi connectivity index (χ1n) is 5.85. The average molecular weight is 212 g/mol. The Bertz CT molecular complexity index is 427. The molecule has 0 aliphatic heterocycles. The fourth-order valence-corrected chi connectivity index (χ4v) is 2.35. The molecular weight excluding hydrogens is 196 g/mol. The van der Waals surface area contributed by atoms with E-state index in [4.69, 9.17) is 4.74 Å². The number of allylic oxidation sites excluding steroid dienone is 4. The van der Waals surface area contributed by atoms with Gasteiger partial charge in [0.1, 0.15) is 5.75 Å². The van der Waals surface area contributed by atoms with Gasteiger partial charge >= 0.3 is 0 Å². The third-order valence-electron chi connectivity index (χ3n) is 3.60. The highest BCUT2D eigenvalue weighted by atomic mass is 16.5. The average Bonchev–Trinajstić information content (AvgIpc) is 2.73. The Morgan fingerprint density at radius 2 is 1.88 bits per heavy atom. The van der Waals surface area contributed by atoms with Crippen LogP contribution in [0.25, 0.3) is 0 Å². The van der Waals surface area contributed by atoms with E-state index >= 15 is 0 Å². The summed E-state index contributed by atoms with van der Waals surface area (Å²) in [7, 11) is 0. The van der Waals surface area contributed by atoms with E-state index in [0.29, 0.717) is 11.3 Å². The van der Waals surface area contributed by atoms with Crippen LogP contribution in [0.15, 0.2) is 48.6 Å². The molecule has 1 aromatic rings. The van der Waals surface area contributed by atoms with E-state index in [0.717, 1.165) is 12.4 Å². The van der Waals surface area contributed by atoms with E-state index < -0.39 is 0 Å². The van der Waals surface area contributed by atoms with Gasteiger partial charge in [0.05, 0.1) is 6.61 Å². The molecule has 1 atom stereocenters. The number of hydrogen-bond donors (Lipinski definition) is 0. The molecular formula is C15H16O. The molecule has 1 fully saturated rings. The van der Waals surface area contributed by atoms with Crippen molar-refractivity contribution in [3.63, 3.8) is 0 Å². The van der Waals surface area contributed by atoms with E-state index in [1.54, 1.807) is 0 Å². The second-order valence-corrected chi connectivity index (χ2v) is 4.86. The minimum absolute atomic E-state index is 0.352. The molecule has 0 heterocycles. The Hall–Kier alpha value is -1.50. The Morgan fingerprint density at radius 3 is 2.56 bits per heavy atom. The maximum atomic E-state index is 5.80. The summed E-state index contributed by atoms with van der Waals surface area (Å²) in [5.41, 5.74) is 1.63. The number of hydrogen-bond acceptors (Lipinski definition) is 1. The van der Waals surface area contributed by atoms with Crippen LogP contribution in [0.1, 0.15) is 12.0 Å². The van der Waals surface area contributed by atoms with Crippen molar-refractivity contribution in [1.29, 1.82) is 0 Å². The maximum absolute atomic E-state index is 5.80. The smallest absolute Gasteiger partial charge is 0.119 e. The van der Waals surface area contributed by atoms with Gasteiger partial charge in [-0.3, -0.25) is 0 Å². The van der Waals surface area contributed by atoms with E-state index in [2.05, 4.69) is 43.4 Å². The predicted octanol–water partition coefficient (Wildman–Crippen LogP) is 3.51. The first-order chi connectivity index (χ1) is 7.78. The first-order valence-corrected chi connectivity index (χ1v) is 5.85. The van der Waals surface area contributed by atoms with Gasteiger partial charge in [0.25, 0.3) is 0 Å². The van der Waals surface area contributed by atoms with Gasteiger partial charge in [-0.05, 0) is 25.5 Å². The molecule has 0 aromatic heterocycles. The molecule has 2 aliphatic rings. The molecule has 3 rings (SSSR count). The second kappa shape index (κ2) is 3.51. The summed E-state index contributed by atoms with van der Waals surface area (Å²) in [6, 6.07) is 8.27. The highest BCUT2D eigenvalue weighted by molar-refractivity contribution is 5.34. The van der Waals surface area contributed by atoms with Crippen LogP contribution in [0.2, 0.25) is 0 Å². The second-order valence-electron chi connectivity index (χ2n) is 4.86. The molecule has 0 bridgehead atoms. The highest BCUT2D eigenvalue weighted by Gasteiger charge is 2.51. The van der Waals surface area contributed by atoms with E-state index in [-0.39, 0.29) is 0 Å². The van der Waals surface area contributed by atoms with Crippen molar-refractivity contribution in [3.8, 4) is 5.75 Å². The summed E-state index contributed by atoms with van der Waals surface area (Å²) in [6.45, 7) is 2.92. The minimum Gasteiger partial charge on any atom is -0.493 e. The maximum Gasteiger partial charge on any atom is 0.119 e. The summed E-state index contributed by atoms with van der Waals surface area (Å²) >= 11 is 0. The molecule has 2 aliphatic carbocycles. The van der Waals surface area contributed by atoms with Crippen LogP contribution in [0.4, 0.5) is 0 Å². The normalized spacial score (nSPS) is 23.9. The number of benzene rings is 1. The summed E-state index contributed by atoms with van der Waals surface area (Å²) < 4.78 is 5.80. The topological polar surface area (TPSA) is 9.23 Å². The highest BCUT2D eigenvalue weighted by Crippen LogP contribution is 2.56. The summed E-state index contributed by atoms with van der Waals surface area (Å²) in [5, 5.41) is 0. The molecule has 1 unspecified atom stereocenters. The zero-order valence-electron chi connectivity index (χ0n) is 9.52. The third-order valence-corrected chi connectivity index (χ3v) is 3.60. The molecule has 0 N–H and O–H groups in total. The monoisotopic (exact) mass is 212 g/mol. The Morgan fingerprint density at radius 1 is 1.19 bits per heavy atom. The first kappa shape index (κ1) is 9.71. The molecule has 1 heteroatoms. The van der Waals surface area contributed by atoms with Crippen LogP contribution in [0, 0.1) is 18.3 Å². The lowest BCUT2D eigenvalue weighted by molar-refractivity contribution is 0.289. The van der Waals surface area contributed by atoms with Crippen molar-refractivity contribution < 1.29 is 4.74 Å². The van der Waals surface area contributed by atoms with Crippen LogP contribution in [0.3, 0.4) is 0 Å². The molecule has 1 spiro atoms. The third kappa shape index (κ3) is 1.67. The Balaban J connectivity index is 1.57. The van der Waals surface area contributed by atoms with E-state index in [1.165, 1.54) is 12.0 Å². The standard InChI is InChI=1S/C15H16O/c1-12-4-6-14(7-5-12)16-11-13-10-15(13)8-2-3-9-15/h2-9,13H,10-11H2,1H3. The lowest BCUT2D eigenvalue weighted by Crippen LogP contribution is -2.04. The molecule has 1 aromatic carbocycles. The number of ether oxygens (including phenoxy) is 1. The van der Waals surface area contributed by atoms with Gasteiger partial charge in [0.15, 0.2) is 0 Å². The summed E-state index contributed by atoms with van der Waals surface area (Å²) in [5.74, 6) is 1.66. The van der Waals surface area contributed by atoms with Gasteiger partial charge < -0.3 is 4.74 Å². The van der Waals surface area contributed by atoms with Gasteiger partial charge in [-0.15, -0.1) is 0 Å². The van der Waals surface area contributed by atoms with Gasteiger partial charge in [-0.25, -0.2) is 0 Å². The van der Waals surface area contributed by atoms with Crippen LogP contribution in [-0.2, 0) is 0 Å². The van der Waals surface area contributed by atoms with Gasteiger partial charge in [0.2, 0.25) is 0 Å². The lowest BCUT2D eigenvalue weighted by atomic mass is 10.1. The van der Waals surface area contributed by atoms with Crippen LogP contribution >= 0.6 is 0 Å². The number of rotatable bonds is 3. The van der Waals surface area contributed by atoms with Crippen molar-refractivity contribution in [2.24, 2.45) is 11.3 Å². The minimum atomic E-state index is 0.352. The Labute approximate surface area is 96.4 Å². The van der Waals surface area contributed by atoms with Crippen molar-refractivity contribution >= 4 is 0 Å². The predicted molar refractivity (Wildman–Crippen MR) is 65.5 cm³/mol. The molecule has 82 valence electrons.